The lowest BCUT2D eigenvalue weighted by molar-refractivity contribution is 0.652. The Morgan fingerprint density at radius 2 is 2.15 bits per heavy atom. The molecule has 1 aliphatic rings. The quantitative estimate of drug-likeness (QED) is 0.751. The Balaban J connectivity index is 2.08. The number of hydrogen-bond donors (Lipinski definition) is 1. The van der Waals surface area contributed by atoms with Crippen LogP contribution in [0.3, 0.4) is 0 Å². The van der Waals surface area contributed by atoms with E-state index in [9.17, 15) is 0 Å². The fourth-order valence-electron chi connectivity index (χ4n) is 1.45. The molecular formula is C10H11NS2. The predicted octanol–water partition coefficient (Wildman–Crippen LogP) is 2.39. The van der Waals surface area contributed by atoms with Gasteiger partial charge in [0.15, 0.2) is 0 Å². The Labute approximate surface area is 87.9 Å². The average Bonchev–Trinajstić information content (AvgIpc) is 2.67. The molecule has 68 valence electrons. The van der Waals surface area contributed by atoms with Crippen LogP contribution >= 0.6 is 24.0 Å². The maximum absolute atomic E-state index is 4.91. The van der Waals surface area contributed by atoms with Crippen LogP contribution in [0.1, 0.15) is 11.6 Å². The van der Waals surface area contributed by atoms with Gasteiger partial charge in [-0.25, -0.2) is 0 Å². The minimum absolute atomic E-state index is 0.347. The largest absolute Gasteiger partial charge is 0.294 e. The van der Waals surface area contributed by atoms with Gasteiger partial charge in [0.05, 0.1) is 5.37 Å². The highest BCUT2D eigenvalue weighted by molar-refractivity contribution is 8.01. The number of nitrogens with one attached hydrogen (secondary N) is 1. The summed E-state index contributed by atoms with van der Waals surface area (Å²) in [5.41, 5.74) is 1.36. The van der Waals surface area contributed by atoms with Gasteiger partial charge in [-0.2, -0.15) is 0 Å². The van der Waals surface area contributed by atoms with Gasteiger partial charge < -0.3 is 0 Å². The zero-order valence-corrected chi connectivity index (χ0v) is 8.78. The highest BCUT2D eigenvalue weighted by Crippen LogP contribution is 2.27. The van der Waals surface area contributed by atoms with Crippen LogP contribution in [0, 0.1) is 0 Å². The van der Waals surface area contributed by atoms with Gasteiger partial charge in [0, 0.05) is 17.2 Å². The van der Waals surface area contributed by atoms with Gasteiger partial charge in [0.2, 0.25) is 0 Å². The van der Waals surface area contributed by atoms with Crippen LogP contribution in [0.4, 0.5) is 0 Å². The van der Waals surface area contributed by atoms with Gasteiger partial charge in [-0.3, -0.25) is 5.32 Å². The Hall–Kier alpha value is -0.380. The van der Waals surface area contributed by atoms with Crippen molar-refractivity contribution in [2.75, 3.05) is 5.75 Å². The minimum atomic E-state index is 0.347. The lowest BCUT2D eigenvalue weighted by atomic mass is 10.1. The molecule has 1 saturated heterocycles. The summed E-state index contributed by atoms with van der Waals surface area (Å²) in [4.78, 5) is 0. The van der Waals surface area contributed by atoms with E-state index in [0.717, 1.165) is 5.75 Å². The lowest BCUT2D eigenvalue weighted by Crippen LogP contribution is -2.23. The Bertz CT molecular complexity index is 286. The molecule has 1 heterocycles. The summed E-state index contributed by atoms with van der Waals surface area (Å²) < 4.78 is 0. The molecule has 1 aromatic rings. The molecule has 1 N–H and O–H groups in total. The zero-order chi connectivity index (χ0) is 9.10. The highest BCUT2D eigenvalue weighted by atomic mass is 32.2. The van der Waals surface area contributed by atoms with Crippen molar-refractivity contribution in [3.63, 3.8) is 0 Å². The maximum Gasteiger partial charge on any atom is 0.0828 e. The molecule has 0 radical (unpaired) electrons. The molecular weight excluding hydrogens is 198 g/mol. The predicted molar refractivity (Wildman–Crippen MR) is 62.2 cm³/mol. The number of thioether (sulfide) groups is 1. The van der Waals surface area contributed by atoms with Crippen molar-refractivity contribution in [2.45, 2.75) is 11.4 Å². The van der Waals surface area contributed by atoms with Crippen LogP contribution in [0.15, 0.2) is 30.3 Å². The second-order valence-electron chi connectivity index (χ2n) is 3.02. The monoisotopic (exact) mass is 209 g/mol. The molecule has 2 atom stereocenters. The third kappa shape index (κ3) is 2.10. The van der Waals surface area contributed by atoms with Crippen LogP contribution in [0.5, 0.6) is 0 Å². The van der Waals surface area contributed by atoms with E-state index in [1.165, 1.54) is 5.56 Å². The normalized spacial score (nSPS) is 27.4. The van der Waals surface area contributed by atoms with Crippen molar-refractivity contribution >= 4 is 29.3 Å². The summed E-state index contributed by atoms with van der Waals surface area (Å²) in [6.07, 6.45) is 0. The second-order valence-corrected chi connectivity index (χ2v) is 4.47. The molecule has 2 rings (SSSR count). The van der Waals surface area contributed by atoms with Gasteiger partial charge >= 0.3 is 0 Å². The molecule has 0 aromatic heterocycles. The van der Waals surface area contributed by atoms with E-state index < -0.39 is 0 Å². The first kappa shape index (κ1) is 9.19. The first-order valence-electron chi connectivity index (χ1n) is 4.28. The molecule has 1 nitrogen and oxygen atoms in total. The number of thiocarbonyl (C=S) groups is 1. The molecule has 0 saturated carbocycles. The molecule has 1 aromatic carbocycles. The van der Waals surface area contributed by atoms with Crippen molar-refractivity contribution in [1.29, 1.82) is 0 Å². The summed E-state index contributed by atoms with van der Waals surface area (Å²) in [5.74, 6) is 1.11. The third-order valence-electron chi connectivity index (χ3n) is 2.13. The first-order valence-corrected chi connectivity index (χ1v) is 5.80. The molecule has 0 bridgehead atoms. The number of rotatable bonds is 2. The number of hydrogen-bond acceptors (Lipinski definition) is 3. The second kappa shape index (κ2) is 4.22. The maximum atomic E-state index is 4.91. The van der Waals surface area contributed by atoms with Crippen LogP contribution in [-0.4, -0.2) is 16.5 Å². The van der Waals surface area contributed by atoms with Crippen molar-refractivity contribution in [3.8, 4) is 0 Å². The zero-order valence-electron chi connectivity index (χ0n) is 7.14. The van der Waals surface area contributed by atoms with Crippen LogP contribution in [0.2, 0.25) is 0 Å². The molecule has 1 fully saturated rings. The van der Waals surface area contributed by atoms with Gasteiger partial charge in [0.25, 0.3) is 0 Å². The lowest BCUT2D eigenvalue weighted by Gasteiger charge is -2.10. The highest BCUT2D eigenvalue weighted by Gasteiger charge is 2.23. The van der Waals surface area contributed by atoms with Crippen LogP contribution in [-0.2, 0) is 0 Å². The van der Waals surface area contributed by atoms with Crippen LogP contribution in [0.25, 0.3) is 0 Å². The third-order valence-corrected chi connectivity index (χ3v) is 3.73. The smallest absolute Gasteiger partial charge is 0.0828 e. The summed E-state index contributed by atoms with van der Waals surface area (Å²) >= 11 is 6.78. The van der Waals surface area contributed by atoms with E-state index in [4.69, 9.17) is 12.2 Å². The Kier molecular flexibility index (Phi) is 2.98. The molecule has 1 unspecified atom stereocenters. The first-order chi connectivity index (χ1) is 6.40. The standard InChI is InChI=1S/C10H11NS2/c12-6-10-11-9(7-13-10)8-4-2-1-3-5-8/h1-6,9-11H,7H2/t9-,10?/m1/s1. The van der Waals surface area contributed by atoms with Crippen molar-refractivity contribution in [2.24, 2.45) is 0 Å². The topological polar surface area (TPSA) is 12.0 Å². The van der Waals surface area contributed by atoms with Crippen LogP contribution < -0.4 is 5.32 Å². The minimum Gasteiger partial charge on any atom is -0.294 e. The fraction of sp³-hybridized carbons (Fsp3) is 0.300. The SMILES string of the molecule is S=CC1N[C@@H](c2ccccc2)CS1. The molecule has 0 spiro atoms. The molecule has 3 heteroatoms. The molecule has 0 amide bonds. The molecule has 13 heavy (non-hydrogen) atoms. The van der Waals surface area contributed by atoms with E-state index in [2.05, 4.69) is 29.6 Å². The van der Waals surface area contributed by atoms with Gasteiger partial charge in [0.1, 0.15) is 0 Å². The van der Waals surface area contributed by atoms with E-state index in [-0.39, 0.29) is 0 Å². The summed E-state index contributed by atoms with van der Waals surface area (Å²) in [5, 5.41) is 5.61. The molecule has 1 aliphatic heterocycles. The Morgan fingerprint density at radius 3 is 2.77 bits per heavy atom. The summed E-state index contributed by atoms with van der Waals surface area (Å²) in [6, 6.07) is 11.0. The van der Waals surface area contributed by atoms with E-state index >= 15 is 0 Å². The number of benzene rings is 1. The van der Waals surface area contributed by atoms with Gasteiger partial charge in [-0.05, 0) is 5.56 Å². The summed E-state index contributed by atoms with van der Waals surface area (Å²) in [7, 11) is 0. The van der Waals surface area contributed by atoms with Gasteiger partial charge in [-0.15, -0.1) is 11.8 Å². The van der Waals surface area contributed by atoms with Crippen molar-refractivity contribution < 1.29 is 0 Å². The van der Waals surface area contributed by atoms with E-state index in [1.54, 1.807) is 5.37 Å². The van der Waals surface area contributed by atoms with Gasteiger partial charge in [-0.1, -0.05) is 42.5 Å². The van der Waals surface area contributed by atoms with Crippen molar-refractivity contribution in [3.05, 3.63) is 35.9 Å². The van der Waals surface area contributed by atoms with Crippen molar-refractivity contribution in [1.82, 2.24) is 5.32 Å². The fourth-order valence-corrected chi connectivity index (χ4v) is 2.79. The summed E-state index contributed by atoms with van der Waals surface area (Å²) in [6.45, 7) is 0. The molecule has 0 aliphatic carbocycles. The average molecular weight is 209 g/mol. The van der Waals surface area contributed by atoms with E-state index in [0.29, 0.717) is 11.4 Å². The van der Waals surface area contributed by atoms with E-state index in [1.807, 2.05) is 17.8 Å². The Morgan fingerprint density at radius 1 is 1.38 bits per heavy atom.